The Bertz CT molecular complexity index is 179. The van der Waals surface area contributed by atoms with Gasteiger partial charge in [-0.05, 0) is 40.8 Å². The van der Waals surface area contributed by atoms with Crippen LogP contribution in [0, 0.1) is 0 Å². The quantitative estimate of drug-likeness (QED) is 0.469. The minimum Gasteiger partial charge on any atom is -0.458 e. The number of carbonyl (C=O) groups excluding carboxylic acids is 1. The summed E-state index contributed by atoms with van der Waals surface area (Å²) in [6.45, 7) is 9.02. The van der Waals surface area contributed by atoms with Crippen LogP contribution in [0.4, 0.5) is 0 Å². The first-order valence-electron chi connectivity index (χ1n) is 4.07. The van der Waals surface area contributed by atoms with Crippen molar-refractivity contribution in [1.82, 2.24) is 0 Å². The van der Waals surface area contributed by atoms with E-state index in [-0.39, 0.29) is 5.97 Å². The normalized spacial score (nSPS) is 14.8. The summed E-state index contributed by atoms with van der Waals surface area (Å²) >= 11 is 0. The van der Waals surface area contributed by atoms with E-state index in [9.17, 15) is 4.79 Å². The third kappa shape index (κ3) is 4.88. The maximum atomic E-state index is 11.2. The zero-order valence-corrected chi connectivity index (χ0v) is 8.42. The molecule has 0 aliphatic heterocycles. The molecule has 0 aromatic rings. The number of rotatable bonds is 2. The Balaban J connectivity index is 4.05. The van der Waals surface area contributed by atoms with Gasteiger partial charge >= 0.3 is 5.97 Å². The van der Waals surface area contributed by atoms with E-state index in [1.807, 2.05) is 20.8 Å². The first kappa shape index (κ1) is 11.1. The number of nitrogens with zero attached hydrogens (tertiary/aromatic N) is 1. The van der Waals surface area contributed by atoms with E-state index in [1.54, 1.807) is 20.1 Å². The van der Waals surface area contributed by atoms with Gasteiger partial charge in [-0.2, -0.15) is 0 Å². The number of hydrogen-bond donors (Lipinski definition) is 0. The fourth-order valence-electron chi connectivity index (χ4n) is 0.672. The van der Waals surface area contributed by atoms with Crippen LogP contribution in [0.15, 0.2) is 4.99 Å². The molecular weight excluding hydrogens is 154 g/mol. The summed E-state index contributed by atoms with van der Waals surface area (Å²) in [6, 6.07) is -0.394. The van der Waals surface area contributed by atoms with Gasteiger partial charge in [-0.25, -0.2) is 4.79 Å². The lowest BCUT2D eigenvalue weighted by atomic mass is 10.2. The largest absolute Gasteiger partial charge is 0.458 e. The molecule has 0 radical (unpaired) electrons. The lowest BCUT2D eigenvalue weighted by molar-refractivity contribution is -0.155. The van der Waals surface area contributed by atoms with Gasteiger partial charge < -0.3 is 4.74 Å². The van der Waals surface area contributed by atoms with Crippen LogP contribution in [0.5, 0.6) is 0 Å². The van der Waals surface area contributed by atoms with Crippen LogP contribution < -0.4 is 0 Å². The highest BCUT2D eigenvalue weighted by molar-refractivity contribution is 5.77. The van der Waals surface area contributed by atoms with Gasteiger partial charge in [-0.15, -0.1) is 0 Å². The van der Waals surface area contributed by atoms with E-state index in [0.29, 0.717) is 0 Å². The number of hydrogen-bond acceptors (Lipinski definition) is 3. The molecule has 0 heterocycles. The molecule has 3 heteroatoms. The van der Waals surface area contributed by atoms with Crippen molar-refractivity contribution in [2.75, 3.05) is 0 Å². The van der Waals surface area contributed by atoms with Crippen LogP contribution in [0.25, 0.3) is 0 Å². The van der Waals surface area contributed by atoms with E-state index in [0.717, 1.165) is 0 Å². The van der Waals surface area contributed by atoms with Crippen LogP contribution in [0.3, 0.4) is 0 Å². The Morgan fingerprint density at radius 1 is 1.50 bits per heavy atom. The molecule has 0 bridgehead atoms. The SMILES string of the molecule is CC=NC(C)C(=O)OC(C)(C)C. The minimum absolute atomic E-state index is 0.277. The van der Waals surface area contributed by atoms with E-state index in [4.69, 9.17) is 4.74 Å². The van der Waals surface area contributed by atoms with Gasteiger partial charge in [-0.3, -0.25) is 4.99 Å². The molecule has 1 atom stereocenters. The second-order valence-corrected chi connectivity index (χ2v) is 3.62. The Labute approximate surface area is 73.8 Å². The molecule has 0 saturated carbocycles. The van der Waals surface area contributed by atoms with Crippen molar-refractivity contribution in [3.8, 4) is 0 Å². The van der Waals surface area contributed by atoms with Gasteiger partial charge in [0.25, 0.3) is 0 Å². The van der Waals surface area contributed by atoms with E-state index >= 15 is 0 Å². The summed E-state index contributed by atoms with van der Waals surface area (Å²) in [4.78, 5) is 15.1. The molecule has 0 aromatic heterocycles. The van der Waals surface area contributed by atoms with Gasteiger partial charge in [0, 0.05) is 0 Å². The second-order valence-electron chi connectivity index (χ2n) is 3.62. The lowest BCUT2D eigenvalue weighted by Crippen LogP contribution is -2.29. The third-order valence-electron chi connectivity index (χ3n) is 1.12. The number of esters is 1. The number of aliphatic imine (C=N–C) groups is 1. The maximum absolute atomic E-state index is 11.2. The van der Waals surface area contributed by atoms with Crippen LogP contribution in [-0.2, 0) is 9.53 Å². The fraction of sp³-hybridized carbons (Fsp3) is 0.778. The smallest absolute Gasteiger partial charge is 0.331 e. The molecule has 1 unspecified atom stereocenters. The molecule has 0 saturated heterocycles. The molecular formula is C9H17NO2. The Morgan fingerprint density at radius 2 is 2.00 bits per heavy atom. The highest BCUT2D eigenvalue weighted by Gasteiger charge is 2.20. The second kappa shape index (κ2) is 4.24. The van der Waals surface area contributed by atoms with Crippen molar-refractivity contribution >= 4 is 12.2 Å². The zero-order valence-electron chi connectivity index (χ0n) is 8.42. The van der Waals surface area contributed by atoms with Gasteiger partial charge in [-0.1, -0.05) is 0 Å². The number of ether oxygens (including phenoxy) is 1. The average molecular weight is 171 g/mol. The molecule has 0 N–H and O–H groups in total. The summed E-state index contributed by atoms with van der Waals surface area (Å²) in [5.74, 6) is -0.277. The predicted octanol–water partition coefficient (Wildman–Crippen LogP) is 1.81. The van der Waals surface area contributed by atoms with Gasteiger partial charge in [0.15, 0.2) is 0 Å². The zero-order chi connectivity index (χ0) is 9.78. The summed E-state index contributed by atoms with van der Waals surface area (Å²) in [7, 11) is 0. The van der Waals surface area contributed by atoms with Crippen LogP contribution in [0.1, 0.15) is 34.6 Å². The molecule has 3 nitrogen and oxygen atoms in total. The van der Waals surface area contributed by atoms with Crippen molar-refractivity contribution in [3.63, 3.8) is 0 Å². The van der Waals surface area contributed by atoms with E-state index in [2.05, 4.69) is 4.99 Å². The molecule has 0 fully saturated rings. The summed E-state index contributed by atoms with van der Waals surface area (Å²) in [5, 5.41) is 0. The van der Waals surface area contributed by atoms with Crippen LogP contribution >= 0.6 is 0 Å². The Hall–Kier alpha value is -0.860. The monoisotopic (exact) mass is 171 g/mol. The van der Waals surface area contributed by atoms with Crippen LogP contribution in [-0.4, -0.2) is 23.8 Å². The van der Waals surface area contributed by atoms with Crippen molar-refractivity contribution in [2.45, 2.75) is 46.3 Å². The molecule has 70 valence electrons. The maximum Gasteiger partial charge on any atom is 0.331 e. The van der Waals surface area contributed by atoms with E-state index in [1.165, 1.54) is 0 Å². The molecule has 0 amide bonds. The fourth-order valence-corrected chi connectivity index (χ4v) is 0.672. The summed E-state index contributed by atoms with van der Waals surface area (Å²) in [5.41, 5.74) is -0.422. The molecule has 0 aliphatic rings. The highest BCUT2D eigenvalue weighted by atomic mass is 16.6. The highest BCUT2D eigenvalue weighted by Crippen LogP contribution is 2.09. The van der Waals surface area contributed by atoms with Gasteiger partial charge in [0.05, 0.1) is 0 Å². The molecule has 0 aliphatic carbocycles. The number of carbonyl (C=O) groups is 1. The van der Waals surface area contributed by atoms with Crippen molar-refractivity contribution in [2.24, 2.45) is 4.99 Å². The average Bonchev–Trinajstić information content (AvgIpc) is 1.84. The standard InChI is InChI=1S/C9H17NO2/c1-6-10-7(2)8(11)12-9(3,4)5/h6-7H,1-5H3. The molecule has 0 aromatic carbocycles. The summed E-state index contributed by atoms with van der Waals surface area (Å²) < 4.78 is 5.10. The third-order valence-corrected chi connectivity index (χ3v) is 1.12. The lowest BCUT2D eigenvalue weighted by Gasteiger charge is -2.20. The first-order chi connectivity index (χ1) is 5.37. The first-order valence-corrected chi connectivity index (χ1v) is 4.07. The Kier molecular flexibility index (Phi) is 3.93. The predicted molar refractivity (Wildman–Crippen MR) is 49.5 cm³/mol. The van der Waals surface area contributed by atoms with E-state index < -0.39 is 11.6 Å². The molecule has 12 heavy (non-hydrogen) atoms. The van der Waals surface area contributed by atoms with Crippen molar-refractivity contribution in [3.05, 3.63) is 0 Å². The molecule has 0 rings (SSSR count). The van der Waals surface area contributed by atoms with Crippen molar-refractivity contribution in [1.29, 1.82) is 0 Å². The van der Waals surface area contributed by atoms with Crippen molar-refractivity contribution < 1.29 is 9.53 Å². The van der Waals surface area contributed by atoms with Gasteiger partial charge in [0.1, 0.15) is 11.6 Å². The topological polar surface area (TPSA) is 38.7 Å². The minimum atomic E-state index is -0.422. The van der Waals surface area contributed by atoms with Gasteiger partial charge in [0.2, 0.25) is 0 Å². The van der Waals surface area contributed by atoms with Crippen LogP contribution in [0.2, 0.25) is 0 Å². The Morgan fingerprint density at radius 3 is 2.33 bits per heavy atom. The summed E-state index contributed by atoms with van der Waals surface area (Å²) in [6.07, 6.45) is 1.61. The molecule has 0 spiro atoms.